The van der Waals surface area contributed by atoms with Gasteiger partial charge in [-0.25, -0.2) is 0 Å². The Kier molecular flexibility index (Phi) is 3.89. The molecule has 0 heterocycles. The van der Waals surface area contributed by atoms with Crippen LogP contribution in [0.4, 0.5) is 0 Å². The lowest BCUT2D eigenvalue weighted by Crippen LogP contribution is -2.05. The number of hydrogen-bond acceptors (Lipinski definition) is 1. The van der Waals surface area contributed by atoms with E-state index in [-0.39, 0.29) is 6.10 Å². The highest BCUT2D eigenvalue weighted by Gasteiger charge is 2.03. The van der Waals surface area contributed by atoms with Gasteiger partial charge in [-0.3, -0.25) is 0 Å². The summed E-state index contributed by atoms with van der Waals surface area (Å²) in [6.45, 7) is 3.93. The summed E-state index contributed by atoms with van der Waals surface area (Å²) in [7, 11) is 0. The first-order valence-corrected chi connectivity index (χ1v) is 5.05. The Hall–Kier alpha value is -0.400. The molecule has 0 N–H and O–H groups in total. The predicted octanol–water partition coefficient (Wildman–Crippen LogP) is 3.87. The van der Waals surface area contributed by atoms with E-state index in [1.165, 1.54) is 0 Å². The van der Waals surface area contributed by atoms with Gasteiger partial charge in [0.2, 0.25) is 0 Å². The number of rotatable bonds is 3. The maximum absolute atomic E-state index is 5.97. The normalized spacial score (nSPS) is 10.5. The van der Waals surface area contributed by atoms with E-state index in [9.17, 15) is 0 Å². The van der Waals surface area contributed by atoms with Crippen LogP contribution in [0.2, 0.25) is 5.02 Å². The highest BCUT2D eigenvalue weighted by atomic mass is 35.5. The summed E-state index contributed by atoms with van der Waals surface area (Å²) >= 11 is 11.6. The van der Waals surface area contributed by atoms with Crippen molar-refractivity contribution in [2.75, 3.05) is 0 Å². The van der Waals surface area contributed by atoms with Crippen molar-refractivity contribution in [2.24, 2.45) is 0 Å². The van der Waals surface area contributed by atoms with Gasteiger partial charge in [0.05, 0.1) is 11.1 Å². The van der Waals surface area contributed by atoms with Crippen LogP contribution >= 0.6 is 23.2 Å². The van der Waals surface area contributed by atoms with Crippen molar-refractivity contribution in [3.8, 4) is 5.75 Å². The molecule has 0 amide bonds. The number of halogens is 2. The molecule has 13 heavy (non-hydrogen) atoms. The molecule has 0 aliphatic carbocycles. The molecular weight excluding hydrogens is 207 g/mol. The lowest BCUT2D eigenvalue weighted by atomic mass is 10.2. The molecule has 1 aromatic carbocycles. The second-order valence-corrected chi connectivity index (χ2v) is 3.74. The van der Waals surface area contributed by atoms with Gasteiger partial charge in [0.15, 0.2) is 0 Å². The summed E-state index contributed by atoms with van der Waals surface area (Å²) in [6.07, 6.45) is 0.138. The molecule has 0 saturated heterocycles. The zero-order valence-corrected chi connectivity index (χ0v) is 9.19. The Bertz CT molecular complexity index is 284. The van der Waals surface area contributed by atoms with Crippen molar-refractivity contribution in [3.05, 3.63) is 28.8 Å². The fourth-order valence-corrected chi connectivity index (χ4v) is 1.39. The van der Waals surface area contributed by atoms with Gasteiger partial charge in [0.1, 0.15) is 5.75 Å². The summed E-state index contributed by atoms with van der Waals surface area (Å²) in [5, 5.41) is 0.617. The second kappa shape index (κ2) is 4.73. The molecule has 3 heteroatoms. The Labute approximate surface area is 88.6 Å². The average Bonchev–Trinajstić information content (AvgIpc) is 2.08. The van der Waals surface area contributed by atoms with Gasteiger partial charge < -0.3 is 4.74 Å². The summed E-state index contributed by atoms with van der Waals surface area (Å²) in [5.41, 5.74) is 1.00. The van der Waals surface area contributed by atoms with Crippen molar-refractivity contribution in [1.82, 2.24) is 0 Å². The molecule has 0 fully saturated rings. The first-order chi connectivity index (χ1) is 6.13. The summed E-state index contributed by atoms with van der Waals surface area (Å²) in [6, 6.07) is 5.59. The van der Waals surface area contributed by atoms with Gasteiger partial charge in [-0.05, 0) is 31.5 Å². The molecule has 0 saturated carbocycles. The van der Waals surface area contributed by atoms with Gasteiger partial charge in [-0.1, -0.05) is 17.7 Å². The van der Waals surface area contributed by atoms with Crippen molar-refractivity contribution in [3.63, 3.8) is 0 Å². The molecule has 0 unspecified atom stereocenters. The van der Waals surface area contributed by atoms with Crippen molar-refractivity contribution >= 4 is 23.2 Å². The van der Waals surface area contributed by atoms with E-state index in [0.29, 0.717) is 16.7 Å². The van der Waals surface area contributed by atoms with Gasteiger partial charge >= 0.3 is 0 Å². The van der Waals surface area contributed by atoms with Crippen LogP contribution in [0.5, 0.6) is 5.75 Å². The zero-order valence-electron chi connectivity index (χ0n) is 7.68. The van der Waals surface area contributed by atoms with Gasteiger partial charge in [0, 0.05) is 5.88 Å². The molecule has 0 aromatic heterocycles. The van der Waals surface area contributed by atoms with E-state index in [2.05, 4.69) is 0 Å². The van der Waals surface area contributed by atoms with Crippen LogP contribution < -0.4 is 4.74 Å². The lowest BCUT2D eigenvalue weighted by molar-refractivity contribution is 0.242. The topological polar surface area (TPSA) is 9.23 Å². The van der Waals surface area contributed by atoms with Crippen LogP contribution in [-0.2, 0) is 5.88 Å². The Morgan fingerprint density at radius 3 is 2.54 bits per heavy atom. The van der Waals surface area contributed by atoms with Crippen LogP contribution in [0, 0.1) is 0 Å². The van der Waals surface area contributed by atoms with E-state index in [1.54, 1.807) is 0 Å². The van der Waals surface area contributed by atoms with Crippen molar-refractivity contribution < 1.29 is 4.74 Å². The first kappa shape index (κ1) is 10.7. The molecule has 1 nitrogen and oxygen atoms in total. The third kappa shape index (κ3) is 3.09. The van der Waals surface area contributed by atoms with E-state index < -0.39 is 0 Å². The minimum atomic E-state index is 0.138. The first-order valence-electron chi connectivity index (χ1n) is 4.14. The SMILES string of the molecule is CC(C)Oc1ccc(CCl)cc1Cl. The number of benzene rings is 1. The van der Waals surface area contributed by atoms with Gasteiger partial charge in [-0.2, -0.15) is 0 Å². The molecular formula is C10H12Cl2O. The standard InChI is InChI=1S/C10H12Cl2O/c1-7(2)13-10-4-3-8(6-11)5-9(10)12/h3-5,7H,6H2,1-2H3. The van der Waals surface area contributed by atoms with Crippen molar-refractivity contribution in [2.45, 2.75) is 25.8 Å². The number of ether oxygens (including phenoxy) is 1. The van der Waals surface area contributed by atoms with Gasteiger partial charge in [-0.15, -0.1) is 11.6 Å². The highest BCUT2D eigenvalue weighted by molar-refractivity contribution is 6.32. The summed E-state index contributed by atoms with van der Waals surface area (Å²) in [4.78, 5) is 0. The van der Waals surface area contributed by atoms with E-state index in [4.69, 9.17) is 27.9 Å². The van der Waals surface area contributed by atoms with Gasteiger partial charge in [0.25, 0.3) is 0 Å². The Balaban J connectivity index is 2.85. The number of alkyl halides is 1. The van der Waals surface area contributed by atoms with E-state index in [0.717, 1.165) is 5.56 Å². The smallest absolute Gasteiger partial charge is 0.138 e. The van der Waals surface area contributed by atoms with Crippen LogP contribution in [0.1, 0.15) is 19.4 Å². The quantitative estimate of drug-likeness (QED) is 0.701. The monoisotopic (exact) mass is 218 g/mol. The minimum absolute atomic E-state index is 0.138. The molecule has 0 atom stereocenters. The largest absolute Gasteiger partial charge is 0.489 e. The van der Waals surface area contributed by atoms with E-state index >= 15 is 0 Å². The fraction of sp³-hybridized carbons (Fsp3) is 0.400. The third-order valence-electron chi connectivity index (χ3n) is 1.51. The lowest BCUT2D eigenvalue weighted by Gasteiger charge is -2.11. The van der Waals surface area contributed by atoms with Crippen molar-refractivity contribution in [1.29, 1.82) is 0 Å². The average molecular weight is 219 g/mol. The molecule has 1 aromatic rings. The third-order valence-corrected chi connectivity index (χ3v) is 2.12. The van der Waals surface area contributed by atoms with Crippen LogP contribution in [-0.4, -0.2) is 6.10 Å². The Morgan fingerprint density at radius 1 is 1.38 bits per heavy atom. The highest BCUT2D eigenvalue weighted by Crippen LogP contribution is 2.26. The molecule has 1 rings (SSSR count). The van der Waals surface area contributed by atoms with Crippen LogP contribution in [0.15, 0.2) is 18.2 Å². The minimum Gasteiger partial charge on any atom is -0.489 e. The second-order valence-electron chi connectivity index (χ2n) is 3.07. The predicted molar refractivity (Wildman–Crippen MR) is 56.8 cm³/mol. The molecule has 0 radical (unpaired) electrons. The van der Waals surface area contributed by atoms with Crippen LogP contribution in [0.25, 0.3) is 0 Å². The molecule has 0 aliphatic rings. The molecule has 72 valence electrons. The summed E-state index contributed by atoms with van der Waals surface area (Å²) in [5.74, 6) is 1.19. The van der Waals surface area contributed by atoms with E-state index in [1.807, 2.05) is 32.0 Å². The molecule has 0 bridgehead atoms. The van der Waals surface area contributed by atoms with Crippen LogP contribution in [0.3, 0.4) is 0 Å². The maximum atomic E-state index is 5.97. The fourth-order valence-electron chi connectivity index (χ4n) is 0.977. The zero-order chi connectivity index (χ0) is 9.84. The summed E-state index contributed by atoms with van der Waals surface area (Å²) < 4.78 is 5.47. The Morgan fingerprint density at radius 2 is 2.08 bits per heavy atom. The molecule has 0 spiro atoms. The maximum Gasteiger partial charge on any atom is 0.138 e. The number of hydrogen-bond donors (Lipinski definition) is 0. The molecule has 0 aliphatic heterocycles.